The van der Waals surface area contributed by atoms with Crippen molar-refractivity contribution in [1.82, 2.24) is 5.06 Å². The average Bonchev–Trinajstić information content (AvgIpc) is 3.12. The van der Waals surface area contributed by atoms with Crippen molar-refractivity contribution in [2.75, 3.05) is 6.61 Å². The number of halogens is 2. The molecule has 0 N–H and O–H groups in total. The fourth-order valence-electron chi connectivity index (χ4n) is 3.51. The van der Waals surface area contributed by atoms with Crippen molar-refractivity contribution < 1.29 is 45.4 Å². The molecule has 0 aliphatic carbocycles. The van der Waals surface area contributed by atoms with E-state index in [1.54, 1.807) is 6.92 Å². The Morgan fingerprint density at radius 1 is 0.861 bits per heavy atom. The zero-order chi connectivity index (χ0) is 27.2. The Labute approximate surface area is 211 Å². The van der Waals surface area contributed by atoms with Crippen molar-refractivity contribution >= 4 is 33.7 Å². The minimum Gasteiger partial charge on any atom is -0.462 e. The first kappa shape index (κ1) is 31.8. The summed E-state index contributed by atoms with van der Waals surface area (Å²) in [6, 6.07) is 0. The molecule has 2 amide bonds. The maximum atomic E-state index is 14.1. The second-order valence-corrected chi connectivity index (χ2v) is 10.5. The van der Waals surface area contributed by atoms with Gasteiger partial charge in [-0.15, -0.1) is 9.35 Å². The molecule has 1 fully saturated rings. The molecule has 206 valence electrons. The van der Waals surface area contributed by atoms with Crippen LogP contribution in [0.1, 0.15) is 103 Å². The van der Waals surface area contributed by atoms with Crippen molar-refractivity contribution in [2.45, 2.75) is 108 Å². The highest BCUT2D eigenvalue weighted by molar-refractivity contribution is 7.88. The van der Waals surface area contributed by atoms with Crippen LogP contribution in [-0.2, 0) is 38.3 Å². The Bertz CT molecular complexity index is 873. The second-order valence-electron chi connectivity index (χ2n) is 8.96. The van der Waals surface area contributed by atoms with Crippen LogP contribution < -0.4 is 0 Å². The lowest BCUT2D eigenvalue weighted by Gasteiger charge is -2.18. The van der Waals surface area contributed by atoms with E-state index in [-0.39, 0.29) is 30.3 Å². The lowest BCUT2D eigenvalue weighted by atomic mass is 10.0. The number of rotatable bonds is 20. The third-order valence-corrected chi connectivity index (χ3v) is 6.90. The van der Waals surface area contributed by atoms with E-state index in [0.29, 0.717) is 18.6 Å². The summed E-state index contributed by atoms with van der Waals surface area (Å²) in [5.74, 6) is -4.28. The molecule has 0 unspecified atom stereocenters. The first-order valence-electron chi connectivity index (χ1n) is 12.4. The number of imide groups is 1. The molecule has 1 saturated heterocycles. The van der Waals surface area contributed by atoms with Crippen LogP contribution in [0.4, 0.5) is 8.78 Å². The minimum atomic E-state index is -5.81. The summed E-state index contributed by atoms with van der Waals surface area (Å²) in [5.41, 5.74) is 0.401. The number of unbranched alkanes of at least 4 members (excludes halogenated alkanes) is 11. The van der Waals surface area contributed by atoms with Crippen LogP contribution in [0.5, 0.6) is 0 Å². The number of carbonyl (C=O) groups excluding carboxylic acids is 4. The number of alkyl halides is 2. The van der Waals surface area contributed by atoms with E-state index in [1.807, 2.05) is 0 Å². The monoisotopic (exact) mass is 537 g/mol. The molecule has 36 heavy (non-hydrogen) atoms. The van der Waals surface area contributed by atoms with Gasteiger partial charge in [-0.1, -0.05) is 70.8 Å². The third-order valence-electron chi connectivity index (χ3n) is 5.70. The Morgan fingerprint density at radius 2 is 1.28 bits per heavy atom. The molecule has 1 heterocycles. The van der Waals surface area contributed by atoms with Crippen LogP contribution in [0, 0.1) is 0 Å². The number of carbonyl (C=O) groups is 4. The predicted molar refractivity (Wildman–Crippen MR) is 127 cm³/mol. The molecule has 0 radical (unpaired) electrons. The molecular weight excluding hydrogens is 500 g/mol. The zero-order valence-electron chi connectivity index (χ0n) is 20.9. The van der Waals surface area contributed by atoms with Crippen molar-refractivity contribution in [3.05, 3.63) is 12.2 Å². The van der Waals surface area contributed by atoms with Gasteiger partial charge in [-0.3, -0.25) is 14.4 Å². The molecule has 1 aliphatic heterocycles. The summed E-state index contributed by atoms with van der Waals surface area (Å²) >= 11 is 0. The lowest BCUT2D eigenvalue weighted by molar-refractivity contribution is -0.166. The van der Waals surface area contributed by atoms with Crippen molar-refractivity contribution in [3.63, 3.8) is 0 Å². The number of ether oxygens (including phenoxy) is 1. The number of nitrogens with zero attached hydrogens (tertiary/aromatic N) is 1. The van der Waals surface area contributed by atoms with Gasteiger partial charge in [0.05, 0.1) is 6.61 Å². The first-order chi connectivity index (χ1) is 16.9. The van der Waals surface area contributed by atoms with Gasteiger partial charge in [0.1, 0.15) is 0 Å². The fraction of sp³-hybridized carbons (Fsp3) is 0.750. The van der Waals surface area contributed by atoms with Gasteiger partial charge in [0.15, 0.2) is 0 Å². The summed E-state index contributed by atoms with van der Waals surface area (Å²) < 4.78 is 60.7. The standard InChI is InChI=1S/C24H37F2NO8S/c1-19(2)23(31)34-18-14-12-10-8-6-4-3-5-7-9-11-13-15-20(28)24(25,26)36(32,33)35-27-21(29)16-17-22(27)30/h1,3-18H2,2H3. The Balaban J connectivity index is 2.06. The molecule has 0 aromatic rings. The molecule has 0 spiro atoms. The SMILES string of the molecule is C=C(C)C(=O)OCCCCCCCCCCCCCCC(=O)C(F)(F)S(=O)(=O)ON1C(=O)CCC1=O. The number of Topliss-reactive ketones (excluding diaryl/α,β-unsaturated/α-hetero) is 1. The highest BCUT2D eigenvalue weighted by Gasteiger charge is 2.55. The van der Waals surface area contributed by atoms with Crippen LogP contribution in [0.2, 0.25) is 0 Å². The molecule has 1 aliphatic rings. The van der Waals surface area contributed by atoms with Gasteiger partial charge in [0.25, 0.3) is 11.8 Å². The number of hydroxylamine groups is 2. The van der Waals surface area contributed by atoms with Gasteiger partial charge in [0, 0.05) is 24.8 Å². The zero-order valence-corrected chi connectivity index (χ0v) is 21.7. The number of hydrogen-bond acceptors (Lipinski definition) is 8. The van der Waals surface area contributed by atoms with E-state index in [1.165, 1.54) is 0 Å². The summed E-state index contributed by atoms with van der Waals surface area (Å²) in [4.78, 5) is 45.8. The molecule has 0 bridgehead atoms. The van der Waals surface area contributed by atoms with Gasteiger partial charge in [-0.25, -0.2) is 4.79 Å². The number of hydrogen-bond donors (Lipinski definition) is 0. The summed E-state index contributed by atoms with van der Waals surface area (Å²) in [6.07, 6.45) is 9.17. The predicted octanol–water partition coefficient (Wildman–Crippen LogP) is 4.75. The highest BCUT2D eigenvalue weighted by Crippen LogP contribution is 2.29. The number of esters is 1. The van der Waals surface area contributed by atoms with E-state index in [0.717, 1.165) is 64.2 Å². The largest absolute Gasteiger partial charge is 0.462 e. The summed E-state index contributed by atoms with van der Waals surface area (Å²) in [5, 5.41) is -5.06. The second kappa shape index (κ2) is 15.8. The maximum absolute atomic E-state index is 14.1. The van der Waals surface area contributed by atoms with Crippen LogP contribution in [0.3, 0.4) is 0 Å². The molecule has 1 rings (SSSR count). The van der Waals surface area contributed by atoms with E-state index in [4.69, 9.17) is 4.74 Å². The quantitative estimate of drug-likeness (QED) is 0.0943. The van der Waals surface area contributed by atoms with Crippen molar-refractivity contribution in [2.24, 2.45) is 0 Å². The average molecular weight is 538 g/mol. The van der Waals surface area contributed by atoms with Gasteiger partial charge < -0.3 is 4.74 Å². The van der Waals surface area contributed by atoms with Gasteiger partial charge in [-0.2, -0.15) is 17.2 Å². The number of amides is 2. The smallest absolute Gasteiger partial charge is 0.428 e. The van der Waals surface area contributed by atoms with Crippen molar-refractivity contribution in [1.29, 1.82) is 0 Å². The third kappa shape index (κ3) is 10.8. The first-order valence-corrected chi connectivity index (χ1v) is 13.8. The summed E-state index contributed by atoms with van der Waals surface area (Å²) in [7, 11) is -5.81. The van der Waals surface area contributed by atoms with E-state index >= 15 is 0 Å². The maximum Gasteiger partial charge on any atom is 0.428 e. The molecule has 9 nitrogen and oxygen atoms in total. The van der Waals surface area contributed by atoms with Crippen LogP contribution in [-0.4, -0.2) is 48.9 Å². The molecule has 0 aromatic carbocycles. The molecule has 12 heteroatoms. The molecule has 0 saturated carbocycles. The Kier molecular flexibility index (Phi) is 14.0. The Morgan fingerprint density at radius 3 is 1.72 bits per heavy atom. The van der Waals surface area contributed by atoms with Crippen LogP contribution in [0.15, 0.2) is 12.2 Å². The van der Waals surface area contributed by atoms with Gasteiger partial charge in [-0.05, 0) is 19.8 Å². The topological polar surface area (TPSA) is 124 Å². The molecule has 0 aromatic heterocycles. The van der Waals surface area contributed by atoms with Crippen LogP contribution in [0.25, 0.3) is 0 Å². The minimum absolute atomic E-state index is 0.104. The summed E-state index contributed by atoms with van der Waals surface area (Å²) in [6.45, 7) is 5.55. The number of ketones is 1. The van der Waals surface area contributed by atoms with E-state index in [9.17, 15) is 36.4 Å². The molecular formula is C24H37F2NO8S. The van der Waals surface area contributed by atoms with Crippen LogP contribution >= 0.6 is 0 Å². The lowest BCUT2D eigenvalue weighted by Crippen LogP contribution is -2.44. The Hall–Kier alpha value is -2.21. The van der Waals surface area contributed by atoms with E-state index in [2.05, 4.69) is 10.9 Å². The highest BCUT2D eigenvalue weighted by atomic mass is 32.2. The fourth-order valence-corrected chi connectivity index (χ4v) is 4.35. The van der Waals surface area contributed by atoms with Crippen molar-refractivity contribution in [3.8, 4) is 0 Å². The van der Waals surface area contributed by atoms with Gasteiger partial charge >= 0.3 is 21.3 Å². The normalized spacial score (nSPS) is 14.4. The van der Waals surface area contributed by atoms with Gasteiger partial charge in [0.2, 0.25) is 5.78 Å². The molecule has 0 atom stereocenters. The van der Waals surface area contributed by atoms with E-state index < -0.39 is 39.4 Å².